The molecule has 5 heteroatoms. The molecule has 1 rings (SSSR count). The van der Waals surface area contributed by atoms with Crippen LogP contribution in [0.2, 0.25) is 0 Å². The number of hydrogen-bond acceptors (Lipinski definition) is 3. The number of ether oxygens (including phenoxy) is 1. The maximum Gasteiger partial charge on any atom is 0.328 e. The summed E-state index contributed by atoms with van der Waals surface area (Å²) in [6.07, 6.45) is 3.64. The number of carbonyl (C=O) groups is 2. The molecule has 21 heavy (non-hydrogen) atoms. The van der Waals surface area contributed by atoms with E-state index in [1.807, 2.05) is 26.0 Å². The minimum Gasteiger partial charge on any atom is -0.478 e. The molecule has 1 aromatic rings. The molecular formula is C16H21NO4. The lowest BCUT2D eigenvalue weighted by molar-refractivity contribution is -0.131. The second kappa shape index (κ2) is 8.21. The van der Waals surface area contributed by atoms with E-state index in [1.54, 1.807) is 13.2 Å². The predicted molar refractivity (Wildman–Crippen MR) is 82.2 cm³/mol. The van der Waals surface area contributed by atoms with Crippen LogP contribution in [0.25, 0.3) is 6.08 Å². The third-order valence-corrected chi connectivity index (χ3v) is 2.98. The van der Waals surface area contributed by atoms with E-state index in [1.165, 1.54) is 6.08 Å². The van der Waals surface area contributed by atoms with Crippen LogP contribution in [0.1, 0.15) is 30.9 Å². The van der Waals surface area contributed by atoms with Gasteiger partial charge in [0.25, 0.3) is 0 Å². The molecule has 0 aromatic heterocycles. The van der Waals surface area contributed by atoms with Crippen LogP contribution in [-0.2, 0) is 14.3 Å². The van der Waals surface area contributed by atoms with Crippen LogP contribution in [0.4, 0.5) is 5.69 Å². The van der Waals surface area contributed by atoms with Gasteiger partial charge in [-0.2, -0.15) is 0 Å². The highest BCUT2D eigenvalue weighted by Crippen LogP contribution is 2.16. The minimum atomic E-state index is -1.00. The Bertz CT molecular complexity index is 537. The van der Waals surface area contributed by atoms with Gasteiger partial charge in [-0.15, -0.1) is 0 Å². The van der Waals surface area contributed by atoms with Gasteiger partial charge in [0, 0.05) is 25.3 Å². The molecule has 0 saturated carbocycles. The lowest BCUT2D eigenvalue weighted by Crippen LogP contribution is -2.15. The van der Waals surface area contributed by atoms with E-state index in [0.29, 0.717) is 18.5 Å². The molecule has 0 radical (unpaired) electrons. The number of carboxylic acids is 1. The minimum absolute atomic E-state index is 0.0438. The van der Waals surface area contributed by atoms with Crippen LogP contribution in [0.5, 0.6) is 0 Å². The van der Waals surface area contributed by atoms with Crippen LogP contribution in [0, 0.1) is 6.92 Å². The number of rotatable bonds is 7. The van der Waals surface area contributed by atoms with Gasteiger partial charge in [-0.3, -0.25) is 4.79 Å². The zero-order chi connectivity index (χ0) is 15.8. The molecule has 114 valence electrons. The van der Waals surface area contributed by atoms with Gasteiger partial charge in [-0.05, 0) is 49.6 Å². The Morgan fingerprint density at radius 2 is 2.10 bits per heavy atom. The molecule has 0 saturated heterocycles. The zero-order valence-corrected chi connectivity index (χ0v) is 12.6. The Balaban J connectivity index is 2.70. The summed E-state index contributed by atoms with van der Waals surface area (Å²) < 4.78 is 5.10. The number of carboxylic acid groups (broad SMARTS) is 1. The monoisotopic (exact) mass is 291 g/mol. The number of nitrogens with one attached hydrogen (secondary N) is 1. The molecule has 0 heterocycles. The zero-order valence-electron chi connectivity index (χ0n) is 12.6. The summed E-state index contributed by atoms with van der Waals surface area (Å²) in [5.41, 5.74) is 2.34. The van der Waals surface area contributed by atoms with Gasteiger partial charge in [0.05, 0.1) is 6.10 Å². The number of hydrogen-bond donors (Lipinski definition) is 2. The van der Waals surface area contributed by atoms with Crippen LogP contribution in [0.3, 0.4) is 0 Å². The van der Waals surface area contributed by atoms with Crippen LogP contribution < -0.4 is 5.32 Å². The number of aryl methyl sites for hydroxylation is 1. The molecule has 0 aliphatic heterocycles. The van der Waals surface area contributed by atoms with Crippen molar-refractivity contribution in [2.75, 3.05) is 12.4 Å². The fourth-order valence-electron chi connectivity index (χ4n) is 1.82. The highest BCUT2D eigenvalue weighted by Gasteiger charge is 2.07. The summed E-state index contributed by atoms with van der Waals surface area (Å²) in [6, 6.07) is 5.43. The van der Waals surface area contributed by atoms with Crippen molar-refractivity contribution in [3.05, 3.63) is 35.4 Å². The van der Waals surface area contributed by atoms with E-state index in [2.05, 4.69) is 5.32 Å². The molecule has 1 unspecified atom stereocenters. The van der Waals surface area contributed by atoms with Crippen molar-refractivity contribution in [3.8, 4) is 0 Å². The van der Waals surface area contributed by atoms with E-state index < -0.39 is 5.97 Å². The van der Waals surface area contributed by atoms with Gasteiger partial charge in [-0.1, -0.05) is 6.07 Å². The summed E-state index contributed by atoms with van der Waals surface area (Å²) >= 11 is 0. The van der Waals surface area contributed by atoms with Crippen molar-refractivity contribution in [1.82, 2.24) is 0 Å². The maximum atomic E-state index is 11.8. The summed E-state index contributed by atoms with van der Waals surface area (Å²) in [5.74, 6) is -1.09. The SMILES string of the molecule is COC(C)CCC(=O)Nc1cc(C)cc(/C=C/C(=O)O)c1. The van der Waals surface area contributed by atoms with Crippen molar-refractivity contribution in [3.63, 3.8) is 0 Å². The quantitative estimate of drug-likeness (QED) is 0.757. The topological polar surface area (TPSA) is 75.6 Å². The first-order valence-corrected chi connectivity index (χ1v) is 6.76. The standard InChI is InChI=1S/C16H21NO4/c1-11-8-13(5-7-16(19)20)10-14(9-11)17-15(18)6-4-12(2)21-3/h5,7-10,12H,4,6H2,1-3H3,(H,17,18)(H,19,20)/b7-5+. The number of methoxy groups -OCH3 is 1. The van der Waals surface area contributed by atoms with Crippen molar-refractivity contribution in [2.45, 2.75) is 32.8 Å². The Hall–Kier alpha value is -2.14. The summed E-state index contributed by atoms with van der Waals surface area (Å²) in [6.45, 7) is 3.80. The molecular weight excluding hydrogens is 270 g/mol. The fraction of sp³-hybridized carbons (Fsp3) is 0.375. The van der Waals surface area contributed by atoms with Crippen LogP contribution >= 0.6 is 0 Å². The molecule has 1 amide bonds. The van der Waals surface area contributed by atoms with Gasteiger partial charge in [-0.25, -0.2) is 4.79 Å². The number of carbonyl (C=O) groups excluding carboxylic acids is 1. The van der Waals surface area contributed by atoms with E-state index in [-0.39, 0.29) is 12.0 Å². The number of anilines is 1. The van der Waals surface area contributed by atoms with E-state index >= 15 is 0 Å². The highest BCUT2D eigenvalue weighted by atomic mass is 16.5. The number of amides is 1. The van der Waals surface area contributed by atoms with Crippen molar-refractivity contribution in [1.29, 1.82) is 0 Å². The van der Waals surface area contributed by atoms with Gasteiger partial charge in [0.2, 0.25) is 5.91 Å². The lowest BCUT2D eigenvalue weighted by atomic mass is 10.1. The first-order chi connectivity index (χ1) is 9.90. The summed E-state index contributed by atoms with van der Waals surface area (Å²) in [5, 5.41) is 11.5. The maximum absolute atomic E-state index is 11.8. The highest BCUT2D eigenvalue weighted by molar-refractivity contribution is 5.91. The van der Waals surface area contributed by atoms with Crippen LogP contribution in [-0.4, -0.2) is 30.2 Å². The Kier molecular flexibility index (Phi) is 6.62. The molecule has 0 spiro atoms. The van der Waals surface area contributed by atoms with Gasteiger partial charge in [0.1, 0.15) is 0 Å². The summed E-state index contributed by atoms with van der Waals surface area (Å²) in [4.78, 5) is 22.4. The van der Waals surface area contributed by atoms with Crippen molar-refractivity contribution < 1.29 is 19.4 Å². The normalized spacial score (nSPS) is 12.3. The molecule has 0 fully saturated rings. The molecule has 1 atom stereocenters. The average Bonchev–Trinajstić information content (AvgIpc) is 2.42. The molecule has 0 bridgehead atoms. The Labute approximate surface area is 124 Å². The smallest absolute Gasteiger partial charge is 0.328 e. The largest absolute Gasteiger partial charge is 0.478 e. The molecule has 1 aromatic carbocycles. The third kappa shape index (κ3) is 6.72. The first-order valence-electron chi connectivity index (χ1n) is 6.76. The second-order valence-electron chi connectivity index (χ2n) is 4.94. The van der Waals surface area contributed by atoms with Gasteiger partial charge in [0.15, 0.2) is 0 Å². The lowest BCUT2D eigenvalue weighted by Gasteiger charge is -2.10. The number of benzene rings is 1. The van der Waals surface area contributed by atoms with E-state index in [4.69, 9.17) is 9.84 Å². The molecule has 0 aliphatic rings. The van der Waals surface area contributed by atoms with E-state index in [9.17, 15) is 9.59 Å². The molecule has 5 nitrogen and oxygen atoms in total. The van der Waals surface area contributed by atoms with Gasteiger partial charge < -0.3 is 15.2 Å². The third-order valence-electron chi connectivity index (χ3n) is 2.98. The molecule has 2 N–H and O–H groups in total. The van der Waals surface area contributed by atoms with Crippen molar-refractivity contribution >= 4 is 23.6 Å². The molecule has 0 aliphatic carbocycles. The van der Waals surface area contributed by atoms with E-state index in [0.717, 1.165) is 17.2 Å². The first kappa shape index (κ1) is 16.9. The second-order valence-corrected chi connectivity index (χ2v) is 4.94. The van der Waals surface area contributed by atoms with Gasteiger partial charge >= 0.3 is 5.97 Å². The Morgan fingerprint density at radius 1 is 1.38 bits per heavy atom. The average molecular weight is 291 g/mol. The van der Waals surface area contributed by atoms with Crippen LogP contribution in [0.15, 0.2) is 24.3 Å². The van der Waals surface area contributed by atoms with Crippen molar-refractivity contribution in [2.24, 2.45) is 0 Å². The fourth-order valence-corrected chi connectivity index (χ4v) is 1.82. The summed E-state index contributed by atoms with van der Waals surface area (Å²) in [7, 11) is 1.62. The number of aliphatic carboxylic acids is 1. The Morgan fingerprint density at radius 3 is 2.71 bits per heavy atom. The predicted octanol–water partition coefficient (Wildman–Crippen LogP) is 2.85.